The van der Waals surface area contributed by atoms with E-state index in [9.17, 15) is 0 Å². The summed E-state index contributed by atoms with van der Waals surface area (Å²) < 4.78 is 1.09. The van der Waals surface area contributed by atoms with Crippen molar-refractivity contribution < 1.29 is 0 Å². The van der Waals surface area contributed by atoms with Gasteiger partial charge in [0.2, 0.25) is 0 Å². The van der Waals surface area contributed by atoms with Crippen molar-refractivity contribution in [2.24, 2.45) is 0 Å². The molecule has 1 atom stereocenters. The van der Waals surface area contributed by atoms with Crippen LogP contribution >= 0.6 is 61.8 Å². The lowest BCUT2D eigenvalue weighted by Gasteiger charge is -2.04. The van der Waals surface area contributed by atoms with E-state index in [1.807, 2.05) is 23.6 Å². The van der Waals surface area contributed by atoms with Gasteiger partial charge >= 0.3 is 0 Å². The number of thiophene rings is 2. The minimum Gasteiger partial charge on any atom is -0.145 e. The second-order valence-electron chi connectivity index (χ2n) is 2.64. The Morgan fingerprint density at radius 3 is 2.57 bits per heavy atom. The van der Waals surface area contributed by atoms with Gasteiger partial charge in [0.15, 0.2) is 0 Å². The first-order valence-electron chi connectivity index (χ1n) is 3.80. The maximum atomic E-state index is 6.31. The highest BCUT2D eigenvalue weighted by Crippen LogP contribution is 2.40. The molecule has 14 heavy (non-hydrogen) atoms. The van der Waals surface area contributed by atoms with Gasteiger partial charge in [-0.2, -0.15) is 0 Å². The predicted molar refractivity (Wildman–Crippen MR) is 69.0 cm³/mol. The molecule has 0 fully saturated rings. The molecule has 2 aromatic rings. The first-order valence-corrected chi connectivity index (χ1v) is 7.11. The normalized spacial score (nSPS) is 13.1. The average molecular weight is 328 g/mol. The lowest BCUT2D eigenvalue weighted by Crippen LogP contribution is -1.85. The molecule has 0 aliphatic carbocycles. The van der Waals surface area contributed by atoms with E-state index in [1.165, 1.54) is 0 Å². The molecule has 0 aliphatic heterocycles. The van der Waals surface area contributed by atoms with Crippen molar-refractivity contribution in [1.29, 1.82) is 0 Å². The van der Waals surface area contributed by atoms with Crippen molar-refractivity contribution in [1.82, 2.24) is 0 Å². The number of hydrogen-bond acceptors (Lipinski definition) is 2. The van der Waals surface area contributed by atoms with E-state index in [2.05, 4.69) is 15.9 Å². The molecule has 0 bridgehead atoms. The van der Waals surface area contributed by atoms with Crippen LogP contribution in [0.5, 0.6) is 0 Å². The van der Waals surface area contributed by atoms with E-state index in [4.69, 9.17) is 23.2 Å². The number of hydrogen-bond donors (Lipinski definition) is 0. The van der Waals surface area contributed by atoms with Gasteiger partial charge in [0.1, 0.15) is 5.38 Å². The number of rotatable bonds is 2. The van der Waals surface area contributed by atoms with E-state index in [-0.39, 0.29) is 5.38 Å². The summed E-state index contributed by atoms with van der Waals surface area (Å²) in [6.07, 6.45) is 0. The van der Waals surface area contributed by atoms with E-state index >= 15 is 0 Å². The van der Waals surface area contributed by atoms with Crippen LogP contribution in [-0.2, 0) is 0 Å². The molecular formula is C9H5BrCl2S2. The Labute approximate surface area is 109 Å². The molecule has 2 heterocycles. The molecule has 1 unspecified atom stereocenters. The summed E-state index contributed by atoms with van der Waals surface area (Å²) in [6, 6.07) is 5.89. The third-order valence-electron chi connectivity index (χ3n) is 1.72. The summed E-state index contributed by atoms with van der Waals surface area (Å²) in [5, 5.41) is 2.58. The lowest BCUT2D eigenvalue weighted by molar-refractivity contribution is 1.24. The summed E-state index contributed by atoms with van der Waals surface area (Å²) in [5.74, 6) is 0. The fourth-order valence-corrected chi connectivity index (χ4v) is 4.26. The van der Waals surface area contributed by atoms with Crippen LogP contribution in [0, 0.1) is 0 Å². The molecule has 74 valence electrons. The standard InChI is InChI=1S/C9H5BrCl2S2/c10-7-2-1-6(14-7)8(12)9-5(11)3-4-13-9/h1-4,8H. The summed E-state index contributed by atoms with van der Waals surface area (Å²) in [7, 11) is 0. The molecule has 0 radical (unpaired) electrons. The van der Waals surface area contributed by atoms with E-state index in [1.54, 1.807) is 22.7 Å². The Balaban J connectivity index is 2.33. The quantitative estimate of drug-likeness (QED) is 0.634. The molecule has 0 aromatic carbocycles. The summed E-state index contributed by atoms with van der Waals surface area (Å²) >= 11 is 19.0. The van der Waals surface area contributed by atoms with Crippen molar-refractivity contribution in [2.75, 3.05) is 0 Å². The average Bonchev–Trinajstić information content (AvgIpc) is 2.73. The molecule has 2 aromatic heterocycles. The van der Waals surface area contributed by atoms with Crippen LogP contribution in [0.4, 0.5) is 0 Å². The van der Waals surface area contributed by atoms with Crippen LogP contribution in [-0.4, -0.2) is 0 Å². The highest BCUT2D eigenvalue weighted by molar-refractivity contribution is 9.11. The zero-order chi connectivity index (χ0) is 10.1. The van der Waals surface area contributed by atoms with Crippen LogP contribution in [0.1, 0.15) is 15.1 Å². The SMILES string of the molecule is Clc1ccsc1C(Cl)c1ccc(Br)s1. The molecule has 0 amide bonds. The topological polar surface area (TPSA) is 0 Å². The van der Waals surface area contributed by atoms with Gasteiger partial charge in [-0.05, 0) is 39.5 Å². The first-order chi connectivity index (χ1) is 6.68. The Morgan fingerprint density at radius 2 is 2.07 bits per heavy atom. The Hall–Kier alpha value is 0.460. The molecule has 0 nitrogen and oxygen atoms in total. The number of halogens is 3. The molecule has 0 aliphatic rings. The smallest absolute Gasteiger partial charge is 0.103 e. The fraction of sp³-hybridized carbons (Fsp3) is 0.111. The third kappa shape index (κ3) is 2.17. The molecule has 2 rings (SSSR count). The minimum absolute atomic E-state index is 0.126. The van der Waals surface area contributed by atoms with E-state index in [0.29, 0.717) is 0 Å². The molecule has 0 spiro atoms. The molecule has 5 heteroatoms. The lowest BCUT2D eigenvalue weighted by atomic mass is 10.3. The summed E-state index contributed by atoms with van der Waals surface area (Å²) in [5.41, 5.74) is 0. The largest absolute Gasteiger partial charge is 0.145 e. The van der Waals surface area contributed by atoms with Crippen LogP contribution in [0.2, 0.25) is 5.02 Å². The predicted octanol–water partition coefficient (Wildman–Crippen LogP) is 5.55. The van der Waals surface area contributed by atoms with Crippen LogP contribution in [0.3, 0.4) is 0 Å². The van der Waals surface area contributed by atoms with E-state index < -0.39 is 0 Å². The fourth-order valence-electron chi connectivity index (χ4n) is 1.08. The Bertz CT molecular complexity index is 435. The highest BCUT2D eigenvalue weighted by atomic mass is 79.9. The zero-order valence-corrected chi connectivity index (χ0v) is 11.6. The maximum Gasteiger partial charge on any atom is 0.103 e. The molecule has 0 saturated heterocycles. The second kappa shape index (κ2) is 4.54. The maximum absolute atomic E-state index is 6.31. The van der Waals surface area contributed by atoms with Crippen molar-refractivity contribution in [3.05, 3.63) is 42.1 Å². The van der Waals surface area contributed by atoms with Gasteiger partial charge in [-0.1, -0.05) is 11.6 Å². The van der Waals surface area contributed by atoms with Crippen LogP contribution < -0.4 is 0 Å². The van der Waals surface area contributed by atoms with Gasteiger partial charge in [0, 0.05) is 9.75 Å². The van der Waals surface area contributed by atoms with Crippen molar-refractivity contribution in [3.8, 4) is 0 Å². The summed E-state index contributed by atoms with van der Waals surface area (Å²) in [4.78, 5) is 2.13. The van der Waals surface area contributed by atoms with Gasteiger partial charge in [-0.25, -0.2) is 0 Å². The summed E-state index contributed by atoms with van der Waals surface area (Å²) in [6.45, 7) is 0. The zero-order valence-electron chi connectivity index (χ0n) is 6.84. The molecule has 0 saturated carbocycles. The molecule has 0 N–H and O–H groups in total. The highest BCUT2D eigenvalue weighted by Gasteiger charge is 2.17. The number of alkyl halides is 1. The van der Waals surface area contributed by atoms with Gasteiger partial charge in [0.05, 0.1) is 8.81 Å². The van der Waals surface area contributed by atoms with Crippen LogP contribution in [0.25, 0.3) is 0 Å². The Morgan fingerprint density at radius 1 is 1.29 bits per heavy atom. The van der Waals surface area contributed by atoms with Crippen LogP contribution in [0.15, 0.2) is 27.4 Å². The van der Waals surface area contributed by atoms with Crippen molar-refractivity contribution in [3.63, 3.8) is 0 Å². The van der Waals surface area contributed by atoms with Gasteiger partial charge < -0.3 is 0 Å². The Kier molecular flexibility index (Phi) is 3.55. The first kappa shape index (κ1) is 11.0. The van der Waals surface area contributed by atoms with E-state index in [0.717, 1.165) is 18.6 Å². The monoisotopic (exact) mass is 326 g/mol. The van der Waals surface area contributed by atoms with Crippen molar-refractivity contribution in [2.45, 2.75) is 5.38 Å². The minimum atomic E-state index is -0.126. The van der Waals surface area contributed by atoms with Gasteiger partial charge in [-0.15, -0.1) is 34.3 Å². The molecular weight excluding hydrogens is 323 g/mol. The van der Waals surface area contributed by atoms with Crippen molar-refractivity contribution >= 4 is 61.8 Å². The van der Waals surface area contributed by atoms with Gasteiger partial charge in [0.25, 0.3) is 0 Å². The van der Waals surface area contributed by atoms with Gasteiger partial charge in [-0.3, -0.25) is 0 Å². The third-order valence-corrected chi connectivity index (χ3v) is 5.54. The second-order valence-corrected chi connectivity index (χ2v) is 6.92.